The van der Waals surface area contributed by atoms with Gasteiger partial charge in [-0.15, -0.1) is 0 Å². The predicted molar refractivity (Wildman–Crippen MR) is 97.1 cm³/mol. The zero-order chi connectivity index (χ0) is 19.6. The standard InChI is InChI=1S/C17H17F2N3O4S/c18-17(19,27)15(24)20-9-14-10-22(16(25)26-14)12-3-1-11(2-4-12)21-7-5-13(23)6-8-21/h1-5,7,14,27H,6,8-10H2,(H,20,24). The van der Waals surface area contributed by atoms with E-state index in [1.807, 2.05) is 10.2 Å². The molecule has 1 unspecified atom stereocenters. The fraction of sp³-hybridized carbons (Fsp3) is 0.353. The Morgan fingerprint density at radius 1 is 1.26 bits per heavy atom. The zero-order valence-electron chi connectivity index (χ0n) is 14.1. The van der Waals surface area contributed by atoms with Crippen molar-refractivity contribution < 1.29 is 27.9 Å². The van der Waals surface area contributed by atoms with Gasteiger partial charge < -0.3 is 15.0 Å². The maximum atomic E-state index is 12.7. The number of hydrogen-bond acceptors (Lipinski definition) is 6. The van der Waals surface area contributed by atoms with Crippen LogP contribution in [-0.2, 0) is 14.3 Å². The molecule has 144 valence electrons. The van der Waals surface area contributed by atoms with Crippen molar-refractivity contribution in [1.82, 2.24) is 5.32 Å². The Morgan fingerprint density at radius 2 is 1.93 bits per heavy atom. The number of hydrogen-bond donors (Lipinski definition) is 2. The molecule has 3 rings (SSSR count). The van der Waals surface area contributed by atoms with E-state index >= 15 is 0 Å². The molecular formula is C17H17F2N3O4S. The molecule has 27 heavy (non-hydrogen) atoms. The molecule has 2 heterocycles. The minimum Gasteiger partial charge on any atom is -0.442 e. The average Bonchev–Trinajstić information content (AvgIpc) is 3.00. The minimum atomic E-state index is -3.79. The van der Waals surface area contributed by atoms with Gasteiger partial charge in [0.1, 0.15) is 6.10 Å². The quantitative estimate of drug-likeness (QED) is 0.743. The molecule has 0 saturated carbocycles. The molecule has 1 atom stereocenters. The van der Waals surface area contributed by atoms with Crippen molar-refractivity contribution in [3.05, 3.63) is 36.5 Å². The third-order valence-corrected chi connectivity index (χ3v) is 4.37. The number of benzene rings is 1. The molecule has 2 aliphatic rings. The Morgan fingerprint density at radius 3 is 2.52 bits per heavy atom. The number of anilines is 2. The monoisotopic (exact) mass is 397 g/mol. The molecule has 0 aromatic heterocycles. The van der Waals surface area contributed by atoms with Crippen LogP contribution in [0.15, 0.2) is 36.5 Å². The average molecular weight is 397 g/mol. The fourth-order valence-corrected chi connectivity index (χ4v) is 2.83. The van der Waals surface area contributed by atoms with Crippen molar-refractivity contribution in [3.63, 3.8) is 0 Å². The molecule has 1 saturated heterocycles. The first kappa shape index (κ1) is 19.2. The molecule has 0 aliphatic carbocycles. The van der Waals surface area contributed by atoms with E-state index < -0.39 is 23.4 Å². The van der Waals surface area contributed by atoms with Gasteiger partial charge in [-0.2, -0.15) is 8.78 Å². The van der Waals surface area contributed by atoms with E-state index in [0.29, 0.717) is 18.7 Å². The number of allylic oxidation sites excluding steroid dienone is 1. The number of rotatable bonds is 5. The maximum Gasteiger partial charge on any atom is 0.414 e. The highest BCUT2D eigenvalue weighted by molar-refractivity contribution is 7.82. The van der Waals surface area contributed by atoms with Crippen LogP contribution < -0.4 is 15.1 Å². The number of carbonyl (C=O) groups excluding carboxylic acids is 3. The number of alkyl halides is 2. The van der Waals surface area contributed by atoms with E-state index in [-0.39, 0.29) is 18.9 Å². The number of cyclic esters (lactones) is 1. The van der Waals surface area contributed by atoms with Crippen LogP contribution in [0, 0.1) is 0 Å². The highest BCUT2D eigenvalue weighted by Gasteiger charge is 2.37. The number of nitrogens with one attached hydrogen (secondary N) is 1. The second kappa shape index (κ2) is 7.55. The first-order valence-electron chi connectivity index (χ1n) is 8.18. The summed E-state index contributed by atoms with van der Waals surface area (Å²) in [5.74, 6) is -1.46. The van der Waals surface area contributed by atoms with E-state index in [9.17, 15) is 23.2 Å². The lowest BCUT2D eigenvalue weighted by Crippen LogP contribution is -2.41. The second-order valence-corrected chi connectivity index (χ2v) is 6.67. The molecule has 1 N–H and O–H groups in total. The van der Waals surface area contributed by atoms with E-state index in [1.54, 1.807) is 30.5 Å². The van der Waals surface area contributed by atoms with Gasteiger partial charge in [0, 0.05) is 30.5 Å². The lowest BCUT2D eigenvalue weighted by atomic mass is 10.1. The SMILES string of the molecule is O=C1C=CN(c2ccc(N3CC(CNC(=O)C(F)(F)S)OC3=O)cc2)CC1. The number of carbonyl (C=O) groups is 3. The Hall–Kier alpha value is -2.62. The first-order valence-corrected chi connectivity index (χ1v) is 8.63. The van der Waals surface area contributed by atoms with Crippen LogP contribution in [-0.4, -0.2) is 48.8 Å². The summed E-state index contributed by atoms with van der Waals surface area (Å²) in [4.78, 5) is 37.7. The second-order valence-electron chi connectivity index (χ2n) is 6.11. The number of ketones is 1. The van der Waals surface area contributed by atoms with Gasteiger partial charge in [-0.25, -0.2) is 4.79 Å². The predicted octanol–water partition coefficient (Wildman–Crippen LogP) is 1.94. The van der Waals surface area contributed by atoms with Gasteiger partial charge in [-0.05, 0) is 30.3 Å². The Kier molecular flexibility index (Phi) is 5.36. The Bertz CT molecular complexity index is 779. The number of nitrogens with zero attached hydrogens (tertiary/aromatic N) is 2. The summed E-state index contributed by atoms with van der Waals surface area (Å²) in [5, 5.41) is -1.78. The largest absolute Gasteiger partial charge is 0.442 e. The van der Waals surface area contributed by atoms with Gasteiger partial charge in [0.05, 0.1) is 13.1 Å². The van der Waals surface area contributed by atoms with Crippen LogP contribution >= 0.6 is 12.6 Å². The topological polar surface area (TPSA) is 79.0 Å². The highest BCUT2D eigenvalue weighted by atomic mass is 32.1. The van der Waals surface area contributed by atoms with Crippen LogP contribution in [0.25, 0.3) is 0 Å². The summed E-state index contributed by atoms with van der Waals surface area (Å²) < 4.78 is 30.5. The normalized spacial score (nSPS) is 20.0. The Labute approximate surface area is 159 Å². The molecule has 2 amide bonds. The first-order chi connectivity index (χ1) is 12.7. The molecule has 2 aliphatic heterocycles. The van der Waals surface area contributed by atoms with Crippen molar-refractivity contribution in [2.24, 2.45) is 0 Å². The van der Waals surface area contributed by atoms with Gasteiger partial charge in [0.25, 0.3) is 0 Å². The molecule has 0 spiro atoms. The van der Waals surface area contributed by atoms with E-state index in [1.165, 1.54) is 11.0 Å². The van der Waals surface area contributed by atoms with Crippen molar-refractivity contribution in [3.8, 4) is 0 Å². The molecule has 10 heteroatoms. The number of ether oxygens (including phenoxy) is 1. The molecule has 7 nitrogen and oxygen atoms in total. The summed E-state index contributed by atoms with van der Waals surface area (Å²) in [6, 6.07) is 7.06. The fourth-order valence-electron chi connectivity index (χ4n) is 2.75. The molecule has 1 aromatic rings. The third-order valence-electron chi connectivity index (χ3n) is 4.17. The van der Waals surface area contributed by atoms with Gasteiger partial charge >= 0.3 is 17.3 Å². The van der Waals surface area contributed by atoms with Crippen molar-refractivity contribution >= 4 is 41.8 Å². The van der Waals surface area contributed by atoms with Crippen LogP contribution in [0.2, 0.25) is 0 Å². The molecule has 0 radical (unpaired) electrons. The van der Waals surface area contributed by atoms with Gasteiger partial charge in [0.15, 0.2) is 5.78 Å². The van der Waals surface area contributed by atoms with Crippen molar-refractivity contribution in [2.45, 2.75) is 17.8 Å². The van der Waals surface area contributed by atoms with Gasteiger partial charge in [0.2, 0.25) is 0 Å². The van der Waals surface area contributed by atoms with Crippen LogP contribution in [0.5, 0.6) is 0 Å². The lowest BCUT2D eigenvalue weighted by Gasteiger charge is -2.23. The zero-order valence-corrected chi connectivity index (χ0v) is 15.0. The minimum absolute atomic E-state index is 0.0801. The van der Waals surface area contributed by atoms with E-state index in [2.05, 4.69) is 12.6 Å². The van der Waals surface area contributed by atoms with E-state index in [0.717, 1.165) is 5.69 Å². The van der Waals surface area contributed by atoms with Crippen LogP contribution in [0.3, 0.4) is 0 Å². The number of thiol groups is 1. The van der Waals surface area contributed by atoms with Gasteiger partial charge in [-0.1, -0.05) is 12.6 Å². The Balaban J connectivity index is 1.60. The highest BCUT2D eigenvalue weighted by Crippen LogP contribution is 2.26. The number of amides is 2. The molecule has 1 fully saturated rings. The molecule has 1 aromatic carbocycles. The van der Waals surface area contributed by atoms with Crippen LogP contribution in [0.4, 0.5) is 25.0 Å². The molecule has 0 bridgehead atoms. The maximum absolute atomic E-state index is 12.7. The van der Waals surface area contributed by atoms with Crippen LogP contribution in [0.1, 0.15) is 6.42 Å². The van der Waals surface area contributed by atoms with Crippen molar-refractivity contribution in [2.75, 3.05) is 29.4 Å². The van der Waals surface area contributed by atoms with Crippen molar-refractivity contribution in [1.29, 1.82) is 0 Å². The summed E-state index contributed by atoms with van der Waals surface area (Å²) in [5.41, 5.74) is 1.45. The summed E-state index contributed by atoms with van der Waals surface area (Å²) in [6.45, 7) is 0.467. The summed E-state index contributed by atoms with van der Waals surface area (Å²) in [6.07, 6.45) is 2.30. The lowest BCUT2D eigenvalue weighted by molar-refractivity contribution is -0.135. The summed E-state index contributed by atoms with van der Waals surface area (Å²) >= 11 is 2.89. The summed E-state index contributed by atoms with van der Waals surface area (Å²) in [7, 11) is 0. The number of halogens is 2. The smallest absolute Gasteiger partial charge is 0.414 e. The molecular weight excluding hydrogens is 380 g/mol. The van der Waals surface area contributed by atoms with Gasteiger partial charge in [-0.3, -0.25) is 14.5 Å². The van der Waals surface area contributed by atoms with E-state index in [4.69, 9.17) is 4.74 Å². The third kappa shape index (κ3) is 4.57.